The molecule has 1 heterocycles. The normalized spacial score (nSPS) is 15.0. The minimum absolute atomic E-state index is 0.101. The number of carbonyl (C=O) groups excluding carboxylic acids is 3. The number of halogens is 3. The Morgan fingerprint density at radius 3 is 2.29 bits per heavy atom. The van der Waals surface area contributed by atoms with Gasteiger partial charge in [-0.15, -0.1) is 0 Å². The molecule has 0 saturated carbocycles. The lowest BCUT2D eigenvalue weighted by molar-refractivity contribution is -0.156. The van der Waals surface area contributed by atoms with E-state index in [4.69, 9.17) is 9.47 Å². The number of urea groups is 1. The van der Waals surface area contributed by atoms with Crippen LogP contribution in [0.1, 0.15) is 12.5 Å². The molecule has 8 nitrogen and oxygen atoms in total. The van der Waals surface area contributed by atoms with Crippen LogP contribution in [0.15, 0.2) is 18.2 Å². The van der Waals surface area contributed by atoms with E-state index < -0.39 is 30.6 Å². The quantitative estimate of drug-likeness (QED) is 0.487. The highest BCUT2D eigenvalue weighted by Crippen LogP contribution is 2.28. The molecule has 1 aliphatic rings. The van der Waals surface area contributed by atoms with Gasteiger partial charge in [0.15, 0.2) is 11.5 Å². The fourth-order valence-corrected chi connectivity index (χ4v) is 2.68. The highest BCUT2D eigenvalue weighted by atomic mass is 19.4. The van der Waals surface area contributed by atoms with Crippen molar-refractivity contribution in [1.82, 2.24) is 14.7 Å². The molecule has 11 heteroatoms. The predicted molar refractivity (Wildman–Crippen MR) is 90.5 cm³/mol. The summed E-state index contributed by atoms with van der Waals surface area (Å²) < 4.78 is 48.2. The van der Waals surface area contributed by atoms with E-state index in [2.05, 4.69) is 0 Å². The van der Waals surface area contributed by atoms with Gasteiger partial charge in [-0.1, -0.05) is 6.07 Å². The molecule has 0 spiro atoms. The zero-order valence-corrected chi connectivity index (χ0v) is 15.6. The number of alkyl halides is 3. The molecule has 154 valence electrons. The Balaban J connectivity index is 2.06. The number of benzene rings is 1. The Hall–Kier alpha value is -2.82. The molecule has 4 amide bonds. The summed E-state index contributed by atoms with van der Waals surface area (Å²) in [7, 11) is 3.04. The maximum Gasteiger partial charge on any atom is 0.406 e. The van der Waals surface area contributed by atoms with Crippen LogP contribution in [-0.4, -0.2) is 72.7 Å². The maximum absolute atomic E-state index is 12.5. The van der Waals surface area contributed by atoms with E-state index in [1.54, 1.807) is 25.2 Å². The van der Waals surface area contributed by atoms with Crippen molar-refractivity contribution in [2.24, 2.45) is 0 Å². The first-order chi connectivity index (χ1) is 13.1. The fourth-order valence-electron chi connectivity index (χ4n) is 2.68. The molecule has 0 bridgehead atoms. The minimum Gasteiger partial charge on any atom is -0.493 e. The van der Waals surface area contributed by atoms with Crippen molar-refractivity contribution in [1.29, 1.82) is 0 Å². The number of methoxy groups -OCH3 is 1. The van der Waals surface area contributed by atoms with Crippen molar-refractivity contribution in [3.63, 3.8) is 0 Å². The average molecular weight is 403 g/mol. The fraction of sp³-hybridized carbons (Fsp3) is 0.471. The van der Waals surface area contributed by atoms with Crippen LogP contribution < -0.4 is 9.47 Å². The van der Waals surface area contributed by atoms with Crippen LogP contribution in [-0.2, 0) is 16.1 Å². The van der Waals surface area contributed by atoms with Crippen LogP contribution in [0.25, 0.3) is 0 Å². The van der Waals surface area contributed by atoms with Crippen molar-refractivity contribution < 1.29 is 37.0 Å². The van der Waals surface area contributed by atoms with Gasteiger partial charge in [-0.3, -0.25) is 14.5 Å². The van der Waals surface area contributed by atoms with E-state index in [0.717, 1.165) is 5.56 Å². The smallest absolute Gasteiger partial charge is 0.406 e. The summed E-state index contributed by atoms with van der Waals surface area (Å²) in [6.45, 7) is 0.388. The minimum atomic E-state index is -4.79. The summed E-state index contributed by atoms with van der Waals surface area (Å²) in [6, 6.07) is 3.87. The molecule has 1 saturated heterocycles. The first kappa shape index (κ1) is 21.5. The SMILES string of the molecule is CCOc1ccc(CN(C)CN2C(=O)C(=O)N(CC(F)(F)F)C2=O)cc1OC. The van der Waals surface area contributed by atoms with E-state index in [0.29, 0.717) is 23.0 Å². The lowest BCUT2D eigenvalue weighted by Gasteiger charge is -2.23. The van der Waals surface area contributed by atoms with Gasteiger partial charge >= 0.3 is 24.0 Å². The molecule has 2 rings (SSSR count). The van der Waals surface area contributed by atoms with Crippen LogP contribution in [0, 0.1) is 0 Å². The Labute approximate surface area is 159 Å². The maximum atomic E-state index is 12.5. The summed E-state index contributed by atoms with van der Waals surface area (Å²) in [5.74, 6) is -1.73. The van der Waals surface area contributed by atoms with Crippen molar-refractivity contribution in [3.8, 4) is 11.5 Å². The molecule has 1 fully saturated rings. The van der Waals surface area contributed by atoms with Gasteiger partial charge in [0.25, 0.3) is 0 Å². The van der Waals surface area contributed by atoms with Crippen LogP contribution in [0.3, 0.4) is 0 Å². The molecule has 1 aliphatic heterocycles. The van der Waals surface area contributed by atoms with Gasteiger partial charge < -0.3 is 9.47 Å². The number of hydrogen-bond acceptors (Lipinski definition) is 6. The first-order valence-corrected chi connectivity index (χ1v) is 8.29. The van der Waals surface area contributed by atoms with Crippen molar-refractivity contribution in [3.05, 3.63) is 23.8 Å². The Morgan fingerprint density at radius 2 is 1.71 bits per heavy atom. The largest absolute Gasteiger partial charge is 0.493 e. The van der Waals surface area contributed by atoms with Gasteiger partial charge in [-0.25, -0.2) is 14.6 Å². The molecule has 0 atom stereocenters. The van der Waals surface area contributed by atoms with Gasteiger partial charge in [0.05, 0.1) is 20.4 Å². The van der Waals surface area contributed by atoms with E-state index >= 15 is 0 Å². The Bertz CT molecular complexity index is 769. The van der Waals surface area contributed by atoms with Crippen molar-refractivity contribution >= 4 is 17.8 Å². The van der Waals surface area contributed by atoms with Crippen molar-refractivity contribution in [2.45, 2.75) is 19.6 Å². The molecule has 28 heavy (non-hydrogen) atoms. The number of rotatable bonds is 8. The highest BCUT2D eigenvalue weighted by molar-refractivity contribution is 6.44. The van der Waals surface area contributed by atoms with Crippen molar-refractivity contribution in [2.75, 3.05) is 34.0 Å². The third-order valence-electron chi connectivity index (χ3n) is 3.84. The number of nitrogens with zero attached hydrogens (tertiary/aromatic N) is 3. The summed E-state index contributed by atoms with van der Waals surface area (Å²) >= 11 is 0. The third-order valence-corrected chi connectivity index (χ3v) is 3.84. The van der Waals surface area contributed by atoms with Crippen LogP contribution in [0.5, 0.6) is 11.5 Å². The first-order valence-electron chi connectivity index (χ1n) is 8.29. The van der Waals surface area contributed by atoms with Gasteiger partial charge in [0, 0.05) is 6.54 Å². The average Bonchev–Trinajstić information content (AvgIpc) is 2.80. The topological polar surface area (TPSA) is 79.4 Å². The van der Waals surface area contributed by atoms with Gasteiger partial charge in [-0.05, 0) is 31.7 Å². The molecule has 1 aromatic carbocycles. The molecular formula is C17H20F3N3O5. The lowest BCUT2D eigenvalue weighted by Crippen LogP contribution is -2.42. The predicted octanol–water partition coefficient (Wildman–Crippen LogP) is 1.84. The second kappa shape index (κ2) is 8.46. The highest BCUT2D eigenvalue weighted by Gasteiger charge is 2.49. The summed E-state index contributed by atoms with van der Waals surface area (Å²) in [5, 5.41) is 0. The van der Waals surface area contributed by atoms with Crippen LogP contribution in [0.4, 0.5) is 18.0 Å². The van der Waals surface area contributed by atoms with E-state index in [9.17, 15) is 27.6 Å². The van der Waals surface area contributed by atoms with Gasteiger partial charge in [0.2, 0.25) is 0 Å². The zero-order valence-electron chi connectivity index (χ0n) is 15.6. The molecular weight excluding hydrogens is 383 g/mol. The molecule has 0 N–H and O–H groups in total. The lowest BCUT2D eigenvalue weighted by atomic mass is 10.2. The standard InChI is InChI=1S/C17H20F3N3O5/c1-4-28-12-6-5-11(7-13(12)27-3)8-21(2)10-23-15(25)14(24)22(16(23)26)9-17(18,19)20/h5-7H,4,8-10H2,1-3H3. The zero-order chi connectivity index (χ0) is 21.1. The number of carbonyl (C=O) groups is 3. The monoisotopic (exact) mass is 403 g/mol. The van der Waals surface area contributed by atoms with E-state index in [1.165, 1.54) is 12.0 Å². The van der Waals surface area contributed by atoms with Gasteiger partial charge in [0.1, 0.15) is 6.54 Å². The van der Waals surface area contributed by atoms with E-state index in [-0.39, 0.29) is 18.1 Å². The number of imide groups is 2. The molecule has 0 radical (unpaired) electrons. The van der Waals surface area contributed by atoms with Crippen LogP contribution >= 0.6 is 0 Å². The Kier molecular flexibility index (Phi) is 6.49. The third kappa shape index (κ3) is 4.91. The molecule has 0 unspecified atom stereocenters. The van der Waals surface area contributed by atoms with E-state index in [1.807, 2.05) is 6.92 Å². The second-order valence-corrected chi connectivity index (χ2v) is 6.10. The summed E-state index contributed by atoms with van der Waals surface area (Å²) in [6.07, 6.45) is -4.79. The number of ether oxygens (including phenoxy) is 2. The number of amides is 4. The molecule has 0 aliphatic carbocycles. The Morgan fingerprint density at radius 1 is 1.07 bits per heavy atom. The molecule has 1 aromatic rings. The molecule has 0 aromatic heterocycles. The number of hydrogen-bond donors (Lipinski definition) is 0. The van der Waals surface area contributed by atoms with Gasteiger partial charge in [-0.2, -0.15) is 13.2 Å². The second-order valence-electron chi connectivity index (χ2n) is 6.10. The summed E-state index contributed by atoms with van der Waals surface area (Å²) in [5.41, 5.74) is 0.750. The summed E-state index contributed by atoms with van der Waals surface area (Å²) in [4.78, 5) is 37.5. The van der Waals surface area contributed by atoms with Crippen LogP contribution in [0.2, 0.25) is 0 Å².